The highest BCUT2D eigenvalue weighted by molar-refractivity contribution is 7.03. The Kier molecular flexibility index (Phi) is 2.88. The summed E-state index contributed by atoms with van der Waals surface area (Å²) in [7, 11) is 0. The van der Waals surface area contributed by atoms with Crippen molar-refractivity contribution in [2.45, 2.75) is 0 Å². The lowest BCUT2D eigenvalue weighted by Crippen LogP contribution is -1.63. The molecule has 0 atom stereocenters. The molecule has 0 amide bonds. The highest BCUT2D eigenvalue weighted by Gasteiger charge is 1.88. The summed E-state index contributed by atoms with van der Waals surface area (Å²) < 4.78 is 3.76. The summed E-state index contributed by atoms with van der Waals surface area (Å²) in [6.07, 6.45) is 3.47. The normalized spacial score (nSPS) is 9.43. The van der Waals surface area contributed by atoms with Gasteiger partial charge in [-0.1, -0.05) is 12.1 Å². The van der Waals surface area contributed by atoms with Gasteiger partial charge in [-0.25, -0.2) is 9.36 Å². The topological polar surface area (TPSA) is 41.6 Å². The quantitative estimate of drug-likeness (QED) is 0.610. The summed E-state index contributed by atoms with van der Waals surface area (Å²) in [5.41, 5.74) is 2.12. The van der Waals surface area contributed by atoms with Crippen LogP contribution in [-0.2, 0) is 0 Å². The predicted octanol–water partition coefficient (Wildman–Crippen LogP) is 2.71. The number of aromatic amines is 1. The third-order valence-corrected chi connectivity index (χ3v) is 2.20. The van der Waals surface area contributed by atoms with E-state index in [0.717, 1.165) is 11.0 Å². The fourth-order valence-corrected chi connectivity index (χ4v) is 1.41. The maximum atomic E-state index is 4.06. The van der Waals surface area contributed by atoms with Crippen LogP contribution < -0.4 is 0 Å². The number of H-pyrrole nitrogens is 1. The average Bonchev–Trinajstić information content (AvgIpc) is 2.92. The van der Waals surface area contributed by atoms with Crippen molar-refractivity contribution in [3.63, 3.8) is 0 Å². The van der Waals surface area contributed by atoms with Gasteiger partial charge in [0.25, 0.3) is 0 Å². The standard InChI is InChI=1S/C7H6N2.C3H3NS/c1-2-4-7-6(3-1)8-5-9-7;1-2-4-5-3-1/h1-5H,(H,8,9);1-3H. The molecule has 0 aliphatic carbocycles. The minimum absolute atomic E-state index is 1.03. The van der Waals surface area contributed by atoms with Crippen LogP contribution in [0, 0.1) is 0 Å². The zero-order valence-electron chi connectivity index (χ0n) is 7.42. The molecule has 3 aromatic rings. The number of rotatable bonds is 0. The van der Waals surface area contributed by atoms with Gasteiger partial charge in [-0.05, 0) is 29.7 Å². The Morgan fingerprint density at radius 2 is 2.07 bits per heavy atom. The number of hydrogen-bond acceptors (Lipinski definition) is 3. The Balaban J connectivity index is 0.000000128. The van der Waals surface area contributed by atoms with Crippen LogP contribution in [0.2, 0.25) is 0 Å². The molecule has 3 rings (SSSR count). The van der Waals surface area contributed by atoms with Crippen LogP contribution in [-0.4, -0.2) is 14.3 Å². The van der Waals surface area contributed by atoms with Crippen molar-refractivity contribution in [1.82, 2.24) is 14.3 Å². The second-order valence-electron chi connectivity index (χ2n) is 2.61. The molecule has 0 spiro atoms. The summed E-state index contributed by atoms with van der Waals surface area (Å²) in [6.45, 7) is 0. The van der Waals surface area contributed by atoms with Gasteiger partial charge in [0.05, 0.1) is 17.4 Å². The van der Waals surface area contributed by atoms with Crippen LogP contribution in [0.4, 0.5) is 0 Å². The van der Waals surface area contributed by atoms with E-state index >= 15 is 0 Å². The van der Waals surface area contributed by atoms with Gasteiger partial charge in [0.15, 0.2) is 0 Å². The van der Waals surface area contributed by atoms with Gasteiger partial charge in [0, 0.05) is 11.6 Å². The summed E-state index contributed by atoms with van der Waals surface area (Å²) in [5, 5.41) is 1.93. The summed E-state index contributed by atoms with van der Waals surface area (Å²) in [4.78, 5) is 7.07. The number of nitrogens with one attached hydrogen (secondary N) is 1. The zero-order valence-corrected chi connectivity index (χ0v) is 8.24. The van der Waals surface area contributed by atoms with Gasteiger partial charge in [0.1, 0.15) is 0 Å². The number of hydrogen-bond donors (Lipinski definition) is 1. The van der Waals surface area contributed by atoms with Crippen LogP contribution >= 0.6 is 11.5 Å². The van der Waals surface area contributed by atoms with Crippen LogP contribution in [0.25, 0.3) is 11.0 Å². The molecule has 0 aliphatic heterocycles. The van der Waals surface area contributed by atoms with E-state index in [9.17, 15) is 0 Å². The maximum Gasteiger partial charge on any atom is 0.0931 e. The molecule has 14 heavy (non-hydrogen) atoms. The van der Waals surface area contributed by atoms with Crippen molar-refractivity contribution >= 4 is 22.6 Å². The molecule has 2 heterocycles. The molecule has 0 bridgehead atoms. The lowest BCUT2D eigenvalue weighted by atomic mass is 10.3. The maximum absolute atomic E-state index is 4.06. The third kappa shape index (κ3) is 2.17. The van der Waals surface area contributed by atoms with E-state index in [1.807, 2.05) is 35.7 Å². The molecule has 0 aliphatic rings. The van der Waals surface area contributed by atoms with Gasteiger partial charge in [-0.3, -0.25) is 0 Å². The van der Waals surface area contributed by atoms with Crippen molar-refractivity contribution in [3.8, 4) is 0 Å². The Labute approximate surface area is 85.6 Å². The van der Waals surface area contributed by atoms with E-state index in [1.165, 1.54) is 11.5 Å². The van der Waals surface area contributed by atoms with Gasteiger partial charge in [-0.15, -0.1) is 0 Å². The Bertz CT molecular complexity index is 425. The van der Waals surface area contributed by atoms with E-state index in [1.54, 1.807) is 12.5 Å². The fourth-order valence-electron chi connectivity index (χ4n) is 1.06. The van der Waals surface area contributed by atoms with Gasteiger partial charge in [-0.2, -0.15) is 0 Å². The second kappa shape index (κ2) is 4.53. The molecule has 2 aromatic heterocycles. The first-order valence-corrected chi connectivity index (χ1v) is 5.03. The average molecular weight is 203 g/mol. The molecule has 3 nitrogen and oxygen atoms in total. The first-order chi connectivity index (χ1) is 6.97. The molecule has 0 saturated carbocycles. The second-order valence-corrected chi connectivity index (χ2v) is 3.30. The van der Waals surface area contributed by atoms with Crippen molar-refractivity contribution in [1.29, 1.82) is 0 Å². The monoisotopic (exact) mass is 203 g/mol. The van der Waals surface area contributed by atoms with E-state index in [2.05, 4.69) is 14.3 Å². The lowest BCUT2D eigenvalue weighted by Gasteiger charge is -1.81. The minimum atomic E-state index is 1.03. The van der Waals surface area contributed by atoms with Crippen LogP contribution in [0.1, 0.15) is 0 Å². The highest BCUT2D eigenvalue weighted by Crippen LogP contribution is 2.05. The number of imidazole rings is 1. The van der Waals surface area contributed by atoms with E-state index < -0.39 is 0 Å². The minimum Gasteiger partial charge on any atom is -0.345 e. The first kappa shape index (κ1) is 8.90. The van der Waals surface area contributed by atoms with Gasteiger partial charge < -0.3 is 4.98 Å². The third-order valence-electron chi connectivity index (χ3n) is 1.67. The molecule has 1 aromatic carbocycles. The first-order valence-electron chi connectivity index (χ1n) is 4.19. The van der Waals surface area contributed by atoms with Crippen molar-refractivity contribution < 1.29 is 0 Å². The predicted molar refractivity (Wildman–Crippen MR) is 58.2 cm³/mol. The molecule has 1 N–H and O–H groups in total. The Hall–Kier alpha value is -1.68. The van der Waals surface area contributed by atoms with Crippen molar-refractivity contribution in [2.24, 2.45) is 0 Å². The molecule has 0 unspecified atom stereocenters. The molecule has 0 fully saturated rings. The number of nitrogens with zero attached hydrogens (tertiary/aromatic N) is 2. The molecule has 4 heteroatoms. The van der Waals surface area contributed by atoms with Gasteiger partial charge >= 0.3 is 0 Å². The van der Waals surface area contributed by atoms with E-state index in [0.29, 0.717) is 0 Å². The summed E-state index contributed by atoms with van der Waals surface area (Å²) >= 11 is 1.46. The molecular weight excluding hydrogens is 194 g/mol. The molecular formula is C10H9N3S. The highest BCUT2D eigenvalue weighted by atomic mass is 32.1. The fraction of sp³-hybridized carbons (Fsp3) is 0. The largest absolute Gasteiger partial charge is 0.345 e. The molecule has 70 valence electrons. The van der Waals surface area contributed by atoms with Crippen molar-refractivity contribution in [2.75, 3.05) is 0 Å². The van der Waals surface area contributed by atoms with E-state index in [4.69, 9.17) is 0 Å². The number of fused-ring (bicyclic) bond motifs is 1. The van der Waals surface area contributed by atoms with Crippen LogP contribution in [0.15, 0.2) is 48.2 Å². The molecule has 0 radical (unpaired) electrons. The smallest absolute Gasteiger partial charge is 0.0931 e. The number of para-hydroxylation sites is 2. The Morgan fingerprint density at radius 3 is 2.71 bits per heavy atom. The Morgan fingerprint density at radius 1 is 1.14 bits per heavy atom. The summed E-state index contributed by atoms with van der Waals surface area (Å²) in [5.74, 6) is 0. The molecule has 0 saturated heterocycles. The number of benzene rings is 1. The lowest BCUT2D eigenvalue weighted by molar-refractivity contribution is 1.34. The van der Waals surface area contributed by atoms with Crippen LogP contribution in [0.3, 0.4) is 0 Å². The van der Waals surface area contributed by atoms with Gasteiger partial charge in [0.2, 0.25) is 0 Å². The van der Waals surface area contributed by atoms with Crippen molar-refractivity contribution in [3.05, 3.63) is 48.2 Å². The summed E-state index contributed by atoms with van der Waals surface area (Å²) in [6, 6.07) is 9.85. The van der Waals surface area contributed by atoms with E-state index in [-0.39, 0.29) is 0 Å². The SMILES string of the molecule is c1ccc2[nH]cnc2c1.c1cnsc1. The van der Waals surface area contributed by atoms with Crippen LogP contribution in [0.5, 0.6) is 0 Å². The zero-order chi connectivity index (χ0) is 9.64. The number of aromatic nitrogens is 3.